The largest absolute Gasteiger partial charge is 0.394 e. The van der Waals surface area contributed by atoms with Crippen molar-refractivity contribution in [3.05, 3.63) is 126 Å². The second-order valence-corrected chi connectivity index (χ2v) is 7.22. The van der Waals surface area contributed by atoms with Crippen molar-refractivity contribution in [2.24, 2.45) is 0 Å². The predicted molar refractivity (Wildman–Crippen MR) is 114 cm³/mol. The van der Waals surface area contributed by atoms with Crippen LogP contribution < -0.4 is 0 Å². The Balaban J connectivity index is 2.04. The number of benzene rings is 3. The van der Waals surface area contributed by atoms with Crippen molar-refractivity contribution in [1.82, 2.24) is 9.55 Å². The number of aliphatic hydroxyl groups excluding tert-OH is 2. The van der Waals surface area contributed by atoms with Gasteiger partial charge in [-0.3, -0.25) is 4.57 Å². The van der Waals surface area contributed by atoms with Crippen molar-refractivity contribution in [3.8, 4) is 0 Å². The Kier molecular flexibility index (Phi) is 5.74. The quantitative estimate of drug-likeness (QED) is 0.463. The molecule has 0 bridgehead atoms. The Hall–Kier alpha value is -3.28. The molecule has 0 aliphatic rings. The first-order chi connectivity index (χ1) is 14.7. The third-order valence-corrected chi connectivity index (χ3v) is 5.30. The van der Waals surface area contributed by atoms with Gasteiger partial charge in [0.15, 0.2) is 0 Å². The Morgan fingerprint density at radius 3 is 1.63 bits per heavy atom. The van der Waals surface area contributed by atoms with Gasteiger partial charge in [0, 0.05) is 12.6 Å². The summed E-state index contributed by atoms with van der Waals surface area (Å²) in [7, 11) is 0. The number of hydrogen-bond donors (Lipinski definition) is 2. The van der Waals surface area contributed by atoms with E-state index in [1.54, 1.807) is 6.20 Å². The molecule has 4 aromatic rings. The highest BCUT2D eigenvalue weighted by molar-refractivity contribution is 5.50. The molecule has 152 valence electrons. The maximum Gasteiger partial charge on any atom is 0.290 e. The number of nitrogens with zero attached hydrogens (tertiary/aromatic N) is 2. The van der Waals surface area contributed by atoms with E-state index >= 15 is 4.39 Å². The van der Waals surface area contributed by atoms with E-state index < -0.39 is 24.3 Å². The summed E-state index contributed by atoms with van der Waals surface area (Å²) in [5, 5.41) is 19.0. The molecular weight excluding hydrogens is 379 g/mol. The molecule has 1 atom stereocenters. The zero-order chi connectivity index (χ0) is 21.0. The smallest absolute Gasteiger partial charge is 0.290 e. The van der Waals surface area contributed by atoms with E-state index in [0.717, 1.165) is 16.7 Å². The fraction of sp³-hybridized carbons (Fsp3) is 0.160. The third kappa shape index (κ3) is 3.54. The van der Waals surface area contributed by atoms with E-state index in [0.29, 0.717) is 5.69 Å². The van der Waals surface area contributed by atoms with Crippen LogP contribution in [0.25, 0.3) is 0 Å². The molecule has 30 heavy (non-hydrogen) atoms. The second kappa shape index (κ2) is 8.61. The van der Waals surface area contributed by atoms with E-state index in [-0.39, 0.29) is 6.42 Å². The summed E-state index contributed by atoms with van der Waals surface area (Å²) in [5.41, 5.74) is 2.03. The molecular formula is C25H23FN2O2. The topological polar surface area (TPSA) is 58.3 Å². The zero-order valence-electron chi connectivity index (χ0n) is 16.4. The lowest BCUT2D eigenvalue weighted by Crippen LogP contribution is -2.38. The molecule has 3 aromatic carbocycles. The zero-order valence-corrected chi connectivity index (χ0v) is 16.4. The summed E-state index contributed by atoms with van der Waals surface area (Å²) < 4.78 is 16.9. The lowest BCUT2D eigenvalue weighted by Gasteiger charge is -2.37. The second-order valence-electron chi connectivity index (χ2n) is 7.22. The van der Waals surface area contributed by atoms with Gasteiger partial charge in [-0.05, 0) is 16.7 Å². The van der Waals surface area contributed by atoms with Crippen molar-refractivity contribution >= 4 is 0 Å². The van der Waals surface area contributed by atoms with Gasteiger partial charge in [-0.15, -0.1) is 0 Å². The van der Waals surface area contributed by atoms with Gasteiger partial charge in [-0.2, -0.15) is 4.39 Å². The molecule has 2 N–H and O–H groups in total. The summed E-state index contributed by atoms with van der Waals surface area (Å²) in [6.07, 6.45) is 0.0369. The number of hydrogen-bond acceptors (Lipinski definition) is 3. The third-order valence-electron chi connectivity index (χ3n) is 5.30. The summed E-state index contributed by atoms with van der Waals surface area (Å²) >= 11 is 0. The molecule has 0 fully saturated rings. The van der Waals surface area contributed by atoms with Crippen molar-refractivity contribution in [2.75, 3.05) is 6.61 Å². The number of aromatic nitrogens is 2. The van der Waals surface area contributed by atoms with E-state index in [2.05, 4.69) is 4.98 Å². The van der Waals surface area contributed by atoms with Crippen LogP contribution >= 0.6 is 0 Å². The lowest BCUT2D eigenvalue weighted by molar-refractivity contribution is 0.0947. The number of imidazole rings is 1. The minimum atomic E-state index is -0.997. The van der Waals surface area contributed by atoms with Crippen LogP contribution in [0.1, 0.15) is 22.4 Å². The van der Waals surface area contributed by atoms with Gasteiger partial charge in [0.05, 0.1) is 18.4 Å². The maximum absolute atomic E-state index is 15.4. The van der Waals surface area contributed by atoms with Crippen LogP contribution in [0.3, 0.4) is 0 Å². The summed E-state index contributed by atoms with van der Waals surface area (Å²) in [6.45, 7) is -0.407. The predicted octanol–water partition coefficient (Wildman–Crippen LogP) is 3.76. The molecule has 5 heteroatoms. The van der Waals surface area contributed by atoms with Gasteiger partial charge in [-0.1, -0.05) is 91.0 Å². The first-order valence-corrected chi connectivity index (χ1v) is 9.86. The van der Waals surface area contributed by atoms with Crippen LogP contribution in [-0.4, -0.2) is 32.5 Å². The highest BCUT2D eigenvalue weighted by Crippen LogP contribution is 2.41. The molecule has 1 heterocycles. The van der Waals surface area contributed by atoms with E-state index in [1.165, 1.54) is 4.57 Å². The number of halogens is 1. The van der Waals surface area contributed by atoms with Gasteiger partial charge >= 0.3 is 0 Å². The van der Waals surface area contributed by atoms with Gasteiger partial charge in [0.25, 0.3) is 6.08 Å². The van der Waals surface area contributed by atoms with Crippen molar-refractivity contribution in [3.63, 3.8) is 0 Å². The lowest BCUT2D eigenvalue weighted by atomic mass is 9.76. The maximum atomic E-state index is 15.4. The fourth-order valence-corrected chi connectivity index (χ4v) is 4.00. The average molecular weight is 402 g/mol. The van der Waals surface area contributed by atoms with Gasteiger partial charge in [0.2, 0.25) is 0 Å². The standard InChI is InChI=1S/C25H23FN2O2/c26-24-27-22(16-23(30)18-29)17-28(24)25(19-10-4-1-5-11-19,20-12-6-2-7-13-20)21-14-8-3-9-15-21/h1-15,17,23,29-30H,16,18H2. The summed E-state index contributed by atoms with van der Waals surface area (Å²) in [6, 6.07) is 29.2. The minimum Gasteiger partial charge on any atom is -0.394 e. The van der Waals surface area contributed by atoms with E-state index in [9.17, 15) is 10.2 Å². The van der Waals surface area contributed by atoms with Crippen LogP contribution in [0, 0.1) is 6.08 Å². The molecule has 0 amide bonds. The average Bonchev–Trinajstić information content (AvgIpc) is 3.16. The highest BCUT2D eigenvalue weighted by atomic mass is 19.1. The molecule has 0 saturated heterocycles. The first kappa shape index (κ1) is 20.0. The molecule has 1 unspecified atom stereocenters. The summed E-state index contributed by atoms with van der Waals surface area (Å²) in [4.78, 5) is 4.07. The van der Waals surface area contributed by atoms with Crippen LogP contribution in [-0.2, 0) is 12.0 Å². The monoisotopic (exact) mass is 402 g/mol. The first-order valence-electron chi connectivity index (χ1n) is 9.86. The molecule has 0 spiro atoms. The van der Waals surface area contributed by atoms with Crippen LogP contribution in [0.15, 0.2) is 97.2 Å². The van der Waals surface area contributed by atoms with E-state index in [4.69, 9.17) is 0 Å². The summed E-state index contributed by atoms with van der Waals surface area (Å²) in [5.74, 6) is 0. The van der Waals surface area contributed by atoms with Crippen molar-refractivity contribution in [2.45, 2.75) is 18.1 Å². The Morgan fingerprint density at radius 2 is 1.23 bits per heavy atom. The SMILES string of the molecule is OCC(O)Cc1cn(C(c2ccccc2)(c2ccccc2)c2ccccc2)c(F)n1. The van der Waals surface area contributed by atoms with E-state index in [1.807, 2.05) is 91.0 Å². The molecule has 0 saturated carbocycles. The number of aliphatic hydroxyl groups is 2. The number of rotatable bonds is 7. The van der Waals surface area contributed by atoms with Crippen molar-refractivity contribution < 1.29 is 14.6 Å². The minimum absolute atomic E-state index is 0.0644. The molecule has 1 aromatic heterocycles. The van der Waals surface area contributed by atoms with Gasteiger partial charge in [-0.25, -0.2) is 4.98 Å². The van der Waals surface area contributed by atoms with Crippen LogP contribution in [0.4, 0.5) is 4.39 Å². The normalized spacial score (nSPS) is 12.6. The van der Waals surface area contributed by atoms with Gasteiger partial charge < -0.3 is 10.2 Å². The molecule has 0 radical (unpaired) electrons. The molecule has 0 aliphatic carbocycles. The molecule has 0 aliphatic heterocycles. The van der Waals surface area contributed by atoms with Crippen LogP contribution in [0.2, 0.25) is 0 Å². The van der Waals surface area contributed by atoms with Gasteiger partial charge in [0.1, 0.15) is 5.54 Å². The molecule has 4 rings (SSSR count). The van der Waals surface area contributed by atoms with Crippen molar-refractivity contribution in [1.29, 1.82) is 0 Å². The Labute approximate surface area is 174 Å². The van der Waals surface area contributed by atoms with Crippen LogP contribution in [0.5, 0.6) is 0 Å². The molecule has 4 nitrogen and oxygen atoms in total. The highest BCUT2D eigenvalue weighted by Gasteiger charge is 2.40. The fourth-order valence-electron chi connectivity index (χ4n) is 4.00. The Morgan fingerprint density at radius 1 is 0.800 bits per heavy atom. The Bertz CT molecular complexity index is 985.